The molecule has 0 amide bonds. The summed E-state index contributed by atoms with van der Waals surface area (Å²) in [5, 5.41) is 0. The first-order valence-electron chi connectivity index (χ1n) is 6.58. The number of carbonyl (C=O) groups excluding carboxylic acids is 1. The smallest absolute Gasteiger partial charge is 0.127 e. The summed E-state index contributed by atoms with van der Waals surface area (Å²) < 4.78 is 13.3. The lowest BCUT2D eigenvalue weighted by Gasteiger charge is -2.30. The second kappa shape index (κ2) is 5.09. The summed E-state index contributed by atoms with van der Waals surface area (Å²) in [6.45, 7) is 5.63. The van der Waals surface area contributed by atoms with Gasteiger partial charge in [0.2, 0.25) is 0 Å². The molecule has 1 unspecified atom stereocenters. The van der Waals surface area contributed by atoms with Crippen molar-refractivity contribution in [3.63, 3.8) is 0 Å². The second-order valence-electron chi connectivity index (χ2n) is 5.47. The highest BCUT2D eigenvalue weighted by atomic mass is 19.1. The average Bonchev–Trinajstić information content (AvgIpc) is 2.72. The predicted molar refractivity (Wildman–Crippen MR) is 71.4 cm³/mol. The molecule has 1 aromatic rings. The van der Waals surface area contributed by atoms with E-state index in [4.69, 9.17) is 0 Å². The number of nitrogens with zero attached hydrogens (tertiary/aromatic N) is 1. The molecule has 1 heterocycles. The van der Waals surface area contributed by atoms with E-state index >= 15 is 0 Å². The lowest BCUT2D eigenvalue weighted by Crippen LogP contribution is -2.36. The summed E-state index contributed by atoms with van der Waals surface area (Å²) in [4.78, 5) is 13.4. The van der Waals surface area contributed by atoms with Gasteiger partial charge < -0.3 is 9.69 Å². The molecule has 0 aliphatic carbocycles. The first-order valence-corrected chi connectivity index (χ1v) is 6.58. The van der Waals surface area contributed by atoms with Crippen molar-refractivity contribution >= 4 is 12.0 Å². The van der Waals surface area contributed by atoms with Crippen LogP contribution in [0.25, 0.3) is 0 Å². The lowest BCUT2D eigenvalue weighted by molar-refractivity contribution is -0.115. The molecule has 2 rings (SSSR count). The van der Waals surface area contributed by atoms with Crippen molar-refractivity contribution in [2.75, 3.05) is 18.0 Å². The van der Waals surface area contributed by atoms with E-state index in [0.717, 1.165) is 37.8 Å². The summed E-state index contributed by atoms with van der Waals surface area (Å²) in [7, 11) is 0. The SMILES string of the molecule is CCCC(C)(C=O)CN1CCc2ccc(F)cc21. The van der Waals surface area contributed by atoms with Crippen LogP contribution < -0.4 is 4.90 Å². The summed E-state index contributed by atoms with van der Waals surface area (Å²) in [6, 6.07) is 4.94. The molecule has 1 aliphatic heterocycles. The van der Waals surface area contributed by atoms with E-state index in [-0.39, 0.29) is 11.2 Å². The van der Waals surface area contributed by atoms with Crippen LogP contribution in [-0.2, 0) is 11.2 Å². The zero-order chi connectivity index (χ0) is 13.2. The fourth-order valence-corrected chi connectivity index (χ4v) is 2.77. The van der Waals surface area contributed by atoms with Crippen LogP contribution in [-0.4, -0.2) is 19.4 Å². The molecule has 0 radical (unpaired) electrons. The van der Waals surface area contributed by atoms with E-state index in [2.05, 4.69) is 11.8 Å². The third-order valence-corrected chi connectivity index (χ3v) is 3.70. The summed E-state index contributed by atoms with van der Waals surface area (Å²) in [6.07, 6.45) is 3.85. The number of hydrogen-bond donors (Lipinski definition) is 0. The van der Waals surface area contributed by atoms with Crippen LogP contribution in [0.15, 0.2) is 18.2 Å². The van der Waals surface area contributed by atoms with Gasteiger partial charge in [0, 0.05) is 24.2 Å². The Hall–Kier alpha value is -1.38. The number of carbonyl (C=O) groups is 1. The highest BCUT2D eigenvalue weighted by Gasteiger charge is 2.29. The van der Waals surface area contributed by atoms with Crippen molar-refractivity contribution in [3.8, 4) is 0 Å². The van der Waals surface area contributed by atoms with E-state index in [1.54, 1.807) is 6.07 Å². The Kier molecular flexibility index (Phi) is 3.69. The van der Waals surface area contributed by atoms with Gasteiger partial charge in [-0.05, 0) is 30.5 Å². The molecule has 0 N–H and O–H groups in total. The summed E-state index contributed by atoms with van der Waals surface area (Å²) in [5.41, 5.74) is 1.81. The maximum absolute atomic E-state index is 13.3. The van der Waals surface area contributed by atoms with Crippen molar-refractivity contribution in [2.24, 2.45) is 5.41 Å². The van der Waals surface area contributed by atoms with Gasteiger partial charge in [-0.1, -0.05) is 26.3 Å². The minimum absolute atomic E-state index is 0.205. The molecule has 0 saturated carbocycles. The monoisotopic (exact) mass is 249 g/mol. The molecule has 1 atom stereocenters. The Morgan fingerprint density at radius 3 is 2.94 bits per heavy atom. The van der Waals surface area contributed by atoms with Gasteiger partial charge in [-0.25, -0.2) is 4.39 Å². The van der Waals surface area contributed by atoms with Crippen molar-refractivity contribution < 1.29 is 9.18 Å². The maximum atomic E-state index is 13.3. The van der Waals surface area contributed by atoms with E-state index < -0.39 is 0 Å². The number of rotatable bonds is 5. The molecule has 0 saturated heterocycles. The van der Waals surface area contributed by atoms with Crippen molar-refractivity contribution in [1.29, 1.82) is 0 Å². The molecule has 3 heteroatoms. The molecule has 2 nitrogen and oxygen atoms in total. The first-order chi connectivity index (χ1) is 8.58. The second-order valence-corrected chi connectivity index (χ2v) is 5.47. The minimum Gasteiger partial charge on any atom is -0.370 e. The van der Waals surface area contributed by atoms with Crippen LogP contribution in [0.3, 0.4) is 0 Å². The molecule has 0 spiro atoms. The van der Waals surface area contributed by atoms with E-state index in [1.807, 2.05) is 13.0 Å². The van der Waals surface area contributed by atoms with Gasteiger partial charge in [0.25, 0.3) is 0 Å². The molecule has 1 aromatic carbocycles. The molecule has 0 fully saturated rings. The van der Waals surface area contributed by atoms with Crippen molar-refractivity contribution in [1.82, 2.24) is 0 Å². The number of anilines is 1. The third-order valence-electron chi connectivity index (χ3n) is 3.70. The number of halogens is 1. The number of benzene rings is 1. The number of aldehydes is 1. The molecule has 0 bridgehead atoms. The molecule has 98 valence electrons. The van der Waals surface area contributed by atoms with Crippen molar-refractivity contribution in [3.05, 3.63) is 29.6 Å². The van der Waals surface area contributed by atoms with Gasteiger partial charge in [0.1, 0.15) is 12.1 Å². The van der Waals surface area contributed by atoms with Gasteiger partial charge in [-0.3, -0.25) is 0 Å². The van der Waals surface area contributed by atoms with E-state index in [1.165, 1.54) is 11.6 Å². The molecular weight excluding hydrogens is 229 g/mol. The number of fused-ring (bicyclic) bond motifs is 1. The fourth-order valence-electron chi connectivity index (χ4n) is 2.77. The van der Waals surface area contributed by atoms with Gasteiger partial charge >= 0.3 is 0 Å². The van der Waals surface area contributed by atoms with Gasteiger partial charge in [-0.15, -0.1) is 0 Å². The van der Waals surface area contributed by atoms with Crippen molar-refractivity contribution in [2.45, 2.75) is 33.1 Å². The molecule has 18 heavy (non-hydrogen) atoms. The fraction of sp³-hybridized carbons (Fsp3) is 0.533. The third kappa shape index (κ3) is 2.55. The van der Waals surface area contributed by atoms with Gasteiger partial charge in [0.15, 0.2) is 0 Å². The maximum Gasteiger partial charge on any atom is 0.127 e. The molecule has 0 aromatic heterocycles. The Morgan fingerprint density at radius 1 is 1.50 bits per heavy atom. The first kappa shape index (κ1) is 13.1. The Bertz CT molecular complexity index is 446. The molecule has 1 aliphatic rings. The van der Waals surface area contributed by atoms with Gasteiger partial charge in [-0.2, -0.15) is 0 Å². The summed E-state index contributed by atoms with van der Waals surface area (Å²) in [5.74, 6) is -0.205. The highest BCUT2D eigenvalue weighted by Crippen LogP contribution is 2.32. The topological polar surface area (TPSA) is 20.3 Å². The zero-order valence-corrected chi connectivity index (χ0v) is 11.1. The Balaban J connectivity index is 2.18. The van der Waals surface area contributed by atoms with Crippen LogP contribution in [0, 0.1) is 11.2 Å². The quantitative estimate of drug-likeness (QED) is 0.747. The highest BCUT2D eigenvalue weighted by molar-refractivity contribution is 5.63. The normalized spacial score (nSPS) is 17.4. The van der Waals surface area contributed by atoms with Gasteiger partial charge in [0.05, 0.1) is 0 Å². The van der Waals surface area contributed by atoms with Crippen LogP contribution in [0.2, 0.25) is 0 Å². The number of hydrogen-bond acceptors (Lipinski definition) is 2. The Labute approximate surface area is 108 Å². The minimum atomic E-state index is -0.331. The standard InChI is InChI=1S/C15H20FNO/c1-3-7-15(2,11-18)10-17-8-6-12-4-5-13(16)9-14(12)17/h4-5,9,11H,3,6-8,10H2,1-2H3. The molecular formula is C15H20FNO. The largest absolute Gasteiger partial charge is 0.370 e. The van der Waals surface area contributed by atoms with Crippen LogP contribution in [0.5, 0.6) is 0 Å². The predicted octanol–water partition coefficient (Wildman–Crippen LogP) is 3.19. The Morgan fingerprint density at radius 2 is 2.28 bits per heavy atom. The van der Waals surface area contributed by atoms with Crippen LogP contribution >= 0.6 is 0 Å². The zero-order valence-electron chi connectivity index (χ0n) is 11.1. The van der Waals surface area contributed by atoms with Crippen LogP contribution in [0.4, 0.5) is 10.1 Å². The van der Waals surface area contributed by atoms with E-state index in [0.29, 0.717) is 6.54 Å². The summed E-state index contributed by atoms with van der Waals surface area (Å²) >= 11 is 0. The van der Waals surface area contributed by atoms with E-state index in [9.17, 15) is 9.18 Å². The van der Waals surface area contributed by atoms with Crippen LogP contribution in [0.1, 0.15) is 32.3 Å². The lowest BCUT2D eigenvalue weighted by atomic mass is 9.87. The average molecular weight is 249 g/mol.